The zero-order chi connectivity index (χ0) is 13.5. The van der Waals surface area contributed by atoms with Crippen molar-refractivity contribution in [3.8, 4) is 5.75 Å². The number of rotatable bonds is 5. The summed E-state index contributed by atoms with van der Waals surface area (Å²) in [5.74, 6) is 0.865. The molecular weight excluding hydrogens is 262 g/mol. The van der Waals surface area contributed by atoms with Gasteiger partial charge in [-0.2, -0.15) is 0 Å². The lowest BCUT2D eigenvalue weighted by Crippen LogP contribution is -2.14. The van der Waals surface area contributed by atoms with Gasteiger partial charge in [0.05, 0.1) is 12.9 Å². The third-order valence-electron chi connectivity index (χ3n) is 2.23. The first-order valence-corrected chi connectivity index (χ1v) is 6.60. The fraction of sp³-hybridized carbons (Fsp3) is 0.154. The molecule has 0 saturated heterocycles. The summed E-state index contributed by atoms with van der Waals surface area (Å²) in [4.78, 5) is 19.8. The van der Waals surface area contributed by atoms with Crippen LogP contribution in [0.1, 0.15) is 0 Å². The normalized spacial score (nSPS) is 9.95. The smallest absolute Gasteiger partial charge is 0.234 e. The van der Waals surface area contributed by atoms with Crippen LogP contribution in [-0.2, 0) is 4.79 Å². The van der Waals surface area contributed by atoms with Crippen LogP contribution in [0.5, 0.6) is 5.75 Å². The SMILES string of the molecule is COc1cccc(NC(=O)CSc2ncccn2)c1. The number of nitrogens with zero attached hydrogens (tertiary/aromatic N) is 2. The van der Waals surface area contributed by atoms with Crippen molar-refractivity contribution in [1.82, 2.24) is 9.97 Å². The number of carbonyl (C=O) groups excluding carboxylic acids is 1. The van der Waals surface area contributed by atoms with Crippen LogP contribution in [0, 0.1) is 0 Å². The van der Waals surface area contributed by atoms with Crippen molar-refractivity contribution >= 4 is 23.4 Å². The molecule has 1 N–H and O–H groups in total. The van der Waals surface area contributed by atoms with Crippen LogP contribution in [-0.4, -0.2) is 28.7 Å². The molecule has 0 atom stereocenters. The van der Waals surface area contributed by atoms with Gasteiger partial charge in [0.15, 0.2) is 5.16 Å². The molecule has 0 fully saturated rings. The second kappa shape index (κ2) is 6.75. The number of hydrogen-bond donors (Lipinski definition) is 1. The number of anilines is 1. The summed E-state index contributed by atoms with van der Waals surface area (Å²) in [6.45, 7) is 0. The average Bonchev–Trinajstić information content (AvgIpc) is 2.46. The van der Waals surface area contributed by atoms with Gasteiger partial charge < -0.3 is 10.1 Å². The Kier molecular flexibility index (Phi) is 4.74. The van der Waals surface area contributed by atoms with Gasteiger partial charge in [0.1, 0.15) is 5.75 Å². The summed E-state index contributed by atoms with van der Waals surface area (Å²) in [7, 11) is 1.59. The maximum absolute atomic E-state index is 11.8. The highest BCUT2D eigenvalue weighted by atomic mass is 32.2. The molecule has 0 bridgehead atoms. The lowest BCUT2D eigenvalue weighted by Gasteiger charge is -2.06. The predicted octanol–water partition coefficient (Wildman–Crippen LogP) is 2.22. The first kappa shape index (κ1) is 13.4. The minimum Gasteiger partial charge on any atom is -0.497 e. The maximum Gasteiger partial charge on any atom is 0.234 e. The van der Waals surface area contributed by atoms with Crippen molar-refractivity contribution in [1.29, 1.82) is 0 Å². The molecule has 0 saturated carbocycles. The van der Waals surface area contributed by atoms with E-state index in [9.17, 15) is 4.79 Å². The summed E-state index contributed by atoms with van der Waals surface area (Å²) < 4.78 is 5.09. The van der Waals surface area contributed by atoms with E-state index in [1.165, 1.54) is 11.8 Å². The van der Waals surface area contributed by atoms with E-state index in [1.54, 1.807) is 31.6 Å². The second-order valence-electron chi connectivity index (χ2n) is 3.60. The quantitative estimate of drug-likeness (QED) is 0.669. The van der Waals surface area contributed by atoms with Crippen LogP contribution < -0.4 is 10.1 Å². The summed E-state index contributed by atoms with van der Waals surface area (Å²) >= 11 is 1.29. The Balaban J connectivity index is 1.87. The van der Waals surface area contributed by atoms with Gasteiger partial charge in [-0.15, -0.1) is 0 Å². The van der Waals surface area contributed by atoms with Gasteiger partial charge in [-0.3, -0.25) is 4.79 Å². The summed E-state index contributed by atoms with van der Waals surface area (Å²) in [6, 6.07) is 8.95. The predicted molar refractivity (Wildman–Crippen MR) is 74.4 cm³/mol. The first-order valence-electron chi connectivity index (χ1n) is 5.61. The highest BCUT2D eigenvalue weighted by Crippen LogP contribution is 2.17. The van der Waals surface area contributed by atoms with Gasteiger partial charge in [-0.25, -0.2) is 9.97 Å². The van der Waals surface area contributed by atoms with Gasteiger partial charge in [0, 0.05) is 24.1 Å². The second-order valence-corrected chi connectivity index (χ2v) is 4.54. The van der Waals surface area contributed by atoms with Gasteiger partial charge >= 0.3 is 0 Å². The molecule has 1 amide bonds. The maximum atomic E-state index is 11.8. The van der Waals surface area contributed by atoms with E-state index in [4.69, 9.17) is 4.74 Å². The van der Waals surface area contributed by atoms with Crippen molar-refractivity contribution in [3.63, 3.8) is 0 Å². The number of nitrogens with one attached hydrogen (secondary N) is 1. The molecule has 5 nitrogen and oxygen atoms in total. The summed E-state index contributed by atoms with van der Waals surface area (Å²) in [5, 5.41) is 3.38. The van der Waals surface area contributed by atoms with Crippen LogP contribution in [0.4, 0.5) is 5.69 Å². The van der Waals surface area contributed by atoms with E-state index >= 15 is 0 Å². The molecule has 0 aliphatic rings. The number of carbonyl (C=O) groups is 1. The molecule has 1 aromatic heterocycles. The molecule has 19 heavy (non-hydrogen) atoms. The number of thioether (sulfide) groups is 1. The Hall–Kier alpha value is -2.08. The van der Waals surface area contributed by atoms with Crippen LogP contribution in [0.15, 0.2) is 47.9 Å². The lowest BCUT2D eigenvalue weighted by atomic mass is 10.3. The lowest BCUT2D eigenvalue weighted by molar-refractivity contribution is -0.113. The van der Waals surface area contributed by atoms with Crippen LogP contribution in [0.25, 0.3) is 0 Å². The fourth-order valence-electron chi connectivity index (χ4n) is 1.39. The Morgan fingerprint density at radius 2 is 2.11 bits per heavy atom. The molecule has 0 aliphatic carbocycles. The Morgan fingerprint density at radius 3 is 2.84 bits per heavy atom. The topological polar surface area (TPSA) is 64.1 Å². The summed E-state index contributed by atoms with van der Waals surface area (Å²) in [5.41, 5.74) is 0.707. The van der Waals surface area contributed by atoms with E-state index in [0.29, 0.717) is 16.6 Å². The van der Waals surface area contributed by atoms with Crippen LogP contribution in [0.2, 0.25) is 0 Å². The van der Waals surface area contributed by atoms with E-state index in [1.807, 2.05) is 18.2 Å². The molecule has 2 rings (SSSR count). The van der Waals surface area contributed by atoms with E-state index in [2.05, 4.69) is 15.3 Å². The van der Waals surface area contributed by atoms with E-state index in [-0.39, 0.29) is 11.7 Å². The standard InChI is InChI=1S/C13H13N3O2S/c1-18-11-5-2-4-10(8-11)16-12(17)9-19-13-14-6-3-7-15-13/h2-8H,9H2,1H3,(H,16,17). The van der Waals surface area contributed by atoms with Gasteiger partial charge in [-0.05, 0) is 18.2 Å². The van der Waals surface area contributed by atoms with Crippen molar-refractivity contribution in [2.24, 2.45) is 0 Å². The van der Waals surface area contributed by atoms with Crippen molar-refractivity contribution in [2.75, 3.05) is 18.2 Å². The number of amides is 1. The molecule has 1 heterocycles. The third-order valence-corrected chi connectivity index (χ3v) is 3.10. The summed E-state index contributed by atoms with van der Waals surface area (Å²) in [6.07, 6.45) is 3.30. The van der Waals surface area contributed by atoms with Crippen molar-refractivity contribution in [3.05, 3.63) is 42.7 Å². The Morgan fingerprint density at radius 1 is 1.32 bits per heavy atom. The van der Waals surface area contributed by atoms with Crippen LogP contribution in [0.3, 0.4) is 0 Å². The molecule has 2 aromatic rings. The zero-order valence-corrected chi connectivity index (χ0v) is 11.2. The van der Waals surface area contributed by atoms with Crippen molar-refractivity contribution < 1.29 is 9.53 Å². The largest absolute Gasteiger partial charge is 0.497 e. The zero-order valence-electron chi connectivity index (χ0n) is 10.4. The van der Waals surface area contributed by atoms with E-state index < -0.39 is 0 Å². The molecule has 0 spiro atoms. The molecule has 0 aliphatic heterocycles. The molecule has 6 heteroatoms. The molecule has 1 aromatic carbocycles. The van der Waals surface area contributed by atoms with Gasteiger partial charge in [-0.1, -0.05) is 17.8 Å². The van der Waals surface area contributed by atoms with Gasteiger partial charge in [0.25, 0.3) is 0 Å². The molecule has 98 valence electrons. The first-order chi connectivity index (χ1) is 9.28. The van der Waals surface area contributed by atoms with E-state index in [0.717, 1.165) is 0 Å². The number of methoxy groups -OCH3 is 1. The minimum absolute atomic E-state index is 0.106. The monoisotopic (exact) mass is 275 g/mol. The molecular formula is C13H13N3O2S. The Labute approximate surface area is 115 Å². The highest BCUT2D eigenvalue weighted by molar-refractivity contribution is 7.99. The highest BCUT2D eigenvalue weighted by Gasteiger charge is 2.05. The molecule has 0 radical (unpaired) electrons. The van der Waals surface area contributed by atoms with Crippen molar-refractivity contribution in [2.45, 2.75) is 5.16 Å². The number of ether oxygens (including phenoxy) is 1. The number of aromatic nitrogens is 2. The fourth-order valence-corrected chi connectivity index (χ4v) is 1.99. The third kappa shape index (κ3) is 4.26. The van der Waals surface area contributed by atoms with Gasteiger partial charge in [0.2, 0.25) is 5.91 Å². The minimum atomic E-state index is -0.106. The average molecular weight is 275 g/mol. The number of benzene rings is 1. The molecule has 0 unspecified atom stereocenters. The Bertz CT molecular complexity index is 549. The van der Waals surface area contributed by atoms with Crippen LogP contribution >= 0.6 is 11.8 Å². The number of hydrogen-bond acceptors (Lipinski definition) is 5.